The summed E-state index contributed by atoms with van der Waals surface area (Å²) in [6, 6.07) is 5.64. The average molecular weight is 273 g/mol. The maximum atomic E-state index is 5.23. The van der Waals surface area contributed by atoms with Crippen LogP contribution in [0.15, 0.2) is 30.7 Å². The Morgan fingerprint density at radius 3 is 2.89 bits per heavy atom. The van der Waals surface area contributed by atoms with Gasteiger partial charge < -0.3 is 0 Å². The molecule has 0 aromatic carbocycles. The number of nitrogens with one attached hydrogen (secondary N) is 1. The molecule has 0 atom stereocenters. The second-order valence-electron chi connectivity index (χ2n) is 3.99. The van der Waals surface area contributed by atoms with E-state index in [4.69, 9.17) is 12.2 Å². The predicted molar refractivity (Wildman–Crippen MR) is 70.7 cm³/mol. The molecule has 3 aromatic heterocycles. The molecule has 0 saturated carbocycles. The van der Waals surface area contributed by atoms with E-state index in [1.54, 1.807) is 17.2 Å². The molecule has 3 rings (SSSR count). The van der Waals surface area contributed by atoms with Gasteiger partial charge in [-0.25, -0.2) is 4.98 Å². The summed E-state index contributed by atoms with van der Waals surface area (Å²) >= 11 is 5.23. The Morgan fingerprint density at radius 2 is 2.21 bits per heavy atom. The molecule has 0 amide bonds. The lowest BCUT2D eigenvalue weighted by molar-refractivity contribution is 0.698. The SMILES string of the molecule is Cn1cnc(Cn2c(-c3ccccn3)n[nH]c2=S)n1. The number of aryl methyl sites for hydroxylation is 1. The topological polar surface area (TPSA) is 77.2 Å². The van der Waals surface area contributed by atoms with E-state index in [2.05, 4.69) is 25.3 Å². The second kappa shape index (κ2) is 4.73. The van der Waals surface area contributed by atoms with Crippen molar-refractivity contribution in [2.24, 2.45) is 7.05 Å². The minimum absolute atomic E-state index is 0.460. The van der Waals surface area contributed by atoms with Crippen LogP contribution >= 0.6 is 12.2 Å². The van der Waals surface area contributed by atoms with Gasteiger partial charge in [0, 0.05) is 13.2 Å². The van der Waals surface area contributed by atoms with Crippen molar-refractivity contribution >= 4 is 12.2 Å². The molecule has 0 spiro atoms. The van der Waals surface area contributed by atoms with Gasteiger partial charge in [-0.2, -0.15) is 10.2 Å². The van der Waals surface area contributed by atoms with Gasteiger partial charge in [0.2, 0.25) is 0 Å². The molecule has 0 aliphatic rings. The summed E-state index contributed by atoms with van der Waals surface area (Å²) < 4.78 is 4.00. The van der Waals surface area contributed by atoms with Crippen molar-refractivity contribution in [3.63, 3.8) is 0 Å². The van der Waals surface area contributed by atoms with Crippen molar-refractivity contribution in [1.82, 2.24) is 34.5 Å². The van der Waals surface area contributed by atoms with Crippen LogP contribution in [0.2, 0.25) is 0 Å². The number of rotatable bonds is 3. The molecule has 0 saturated heterocycles. The monoisotopic (exact) mass is 273 g/mol. The summed E-state index contributed by atoms with van der Waals surface area (Å²) in [4.78, 5) is 8.46. The lowest BCUT2D eigenvalue weighted by atomic mass is 10.3. The van der Waals surface area contributed by atoms with E-state index in [9.17, 15) is 0 Å². The first kappa shape index (κ1) is 11.7. The zero-order valence-electron chi connectivity index (χ0n) is 10.2. The van der Waals surface area contributed by atoms with Gasteiger partial charge in [-0.3, -0.25) is 19.3 Å². The lowest BCUT2D eigenvalue weighted by Gasteiger charge is -2.03. The van der Waals surface area contributed by atoms with Crippen molar-refractivity contribution in [3.8, 4) is 11.5 Å². The Kier molecular flexibility index (Phi) is 2.92. The lowest BCUT2D eigenvalue weighted by Crippen LogP contribution is -2.05. The first-order valence-electron chi connectivity index (χ1n) is 5.65. The third kappa shape index (κ3) is 2.29. The molecule has 3 heterocycles. The molecule has 0 aliphatic heterocycles. The van der Waals surface area contributed by atoms with Crippen LogP contribution in [0, 0.1) is 4.77 Å². The molecule has 7 nitrogen and oxygen atoms in total. The number of hydrogen-bond acceptors (Lipinski definition) is 5. The highest BCUT2D eigenvalue weighted by atomic mass is 32.1. The molecule has 0 unspecified atom stereocenters. The second-order valence-corrected chi connectivity index (χ2v) is 4.37. The largest absolute Gasteiger partial charge is 0.291 e. The predicted octanol–water partition coefficient (Wildman–Crippen LogP) is 1.18. The van der Waals surface area contributed by atoms with Gasteiger partial charge in [0.05, 0.1) is 6.54 Å². The minimum Gasteiger partial charge on any atom is -0.291 e. The summed E-state index contributed by atoms with van der Waals surface area (Å²) in [5.74, 6) is 1.36. The number of aromatic amines is 1. The molecule has 0 bridgehead atoms. The fourth-order valence-electron chi connectivity index (χ4n) is 1.75. The van der Waals surface area contributed by atoms with E-state index in [0.29, 0.717) is 23.0 Å². The molecule has 0 radical (unpaired) electrons. The summed E-state index contributed by atoms with van der Waals surface area (Å²) in [6.45, 7) is 0.460. The molecule has 1 N–H and O–H groups in total. The average Bonchev–Trinajstić information content (AvgIpc) is 2.99. The zero-order chi connectivity index (χ0) is 13.2. The Hall–Kier alpha value is -2.35. The molecule has 19 heavy (non-hydrogen) atoms. The summed E-state index contributed by atoms with van der Waals surface area (Å²) in [7, 11) is 1.82. The maximum absolute atomic E-state index is 5.23. The fraction of sp³-hybridized carbons (Fsp3) is 0.182. The Bertz CT molecular complexity index is 740. The Labute approximate surface area is 114 Å². The van der Waals surface area contributed by atoms with Crippen molar-refractivity contribution in [3.05, 3.63) is 41.3 Å². The highest BCUT2D eigenvalue weighted by molar-refractivity contribution is 7.71. The van der Waals surface area contributed by atoms with Crippen LogP contribution in [0.25, 0.3) is 11.5 Å². The number of H-pyrrole nitrogens is 1. The third-order valence-electron chi connectivity index (χ3n) is 2.60. The Balaban J connectivity index is 2.02. The van der Waals surface area contributed by atoms with Crippen LogP contribution in [-0.4, -0.2) is 34.5 Å². The number of pyridine rings is 1. The van der Waals surface area contributed by atoms with Gasteiger partial charge in [-0.15, -0.1) is 0 Å². The number of nitrogens with zero attached hydrogens (tertiary/aromatic N) is 6. The molecule has 96 valence electrons. The van der Waals surface area contributed by atoms with Gasteiger partial charge in [0.1, 0.15) is 12.0 Å². The summed E-state index contributed by atoms with van der Waals surface area (Å²) in [6.07, 6.45) is 3.37. The normalized spacial score (nSPS) is 10.8. The van der Waals surface area contributed by atoms with Crippen molar-refractivity contribution in [2.45, 2.75) is 6.54 Å². The maximum Gasteiger partial charge on any atom is 0.195 e. The number of hydrogen-bond donors (Lipinski definition) is 1. The highest BCUT2D eigenvalue weighted by Crippen LogP contribution is 2.14. The van der Waals surface area contributed by atoms with Gasteiger partial charge >= 0.3 is 0 Å². The van der Waals surface area contributed by atoms with Crippen LogP contribution in [0.3, 0.4) is 0 Å². The van der Waals surface area contributed by atoms with E-state index in [-0.39, 0.29) is 0 Å². The minimum atomic E-state index is 0.460. The van der Waals surface area contributed by atoms with Crippen LogP contribution < -0.4 is 0 Å². The van der Waals surface area contributed by atoms with E-state index >= 15 is 0 Å². The van der Waals surface area contributed by atoms with Gasteiger partial charge in [0.25, 0.3) is 0 Å². The van der Waals surface area contributed by atoms with E-state index < -0.39 is 0 Å². The van der Waals surface area contributed by atoms with Crippen LogP contribution in [0.4, 0.5) is 0 Å². The van der Waals surface area contributed by atoms with Crippen molar-refractivity contribution < 1.29 is 0 Å². The number of aromatic nitrogens is 7. The smallest absolute Gasteiger partial charge is 0.195 e. The van der Waals surface area contributed by atoms with E-state index in [1.165, 1.54) is 0 Å². The van der Waals surface area contributed by atoms with Crippen LogP contribution in [-0.2, 0) is 13.6 Å². The summed E-state index contributed by atoms with van der Waals surface area (Å²) in [5.41, 5.74) is 0.755. The molecule has 3 aromatic rings. The highest BCUT2D eigenvalue weighted by Gasteiger charge is 2.11. The van der Waals surface area contributed by atoms with E-state index in [0.717, 1.165) is 5.69 Å². The van der Waals surface area contributed by atoms with Crippen LogP contribution in [0.5, 0.6) is 0 Å². The van der Waals surface area contributed by atoms with Crippen molar-refractivity contribution in [2.75, 3.05) is 0 Å². The first-order valence-corrected chi connectivity index (χ1v) is 6.06. The Morgan fingerprint density at radius 1 is 1.32 bits per heavy atom. The quantitative estimate of drug-likeness (QED) is 0.725. The molecular formula is C11H11N7S. The molecule has 0 aliphatic carbocycles. The van der Waals surface area contributed by atoms with Crippen LogP contribution in [0.1, 0.15) is 5.82 Å². The van der Waals surface area contributed by atoms with Crippen molar-refractivity contribution in [1.29, 1.82) is 0 Å². The molecule has 8 heteroatoms. The standard InChI is InChI=1S/C11H11N7S/c1-17-7-13-9(16-17)6-18-10(14-15-11(18)19)8-4-2-3-5-12-8/h2-5,7H,6H2,1H3,(H,15,19). The molecule has 0 fully saturated rings. The van der Waals surface area contributed by atoms with E-state index in [1.807, 2.05) is 29.8 Å². The first-order chi connectivity index (χ1) is 9.24. The van der Waals surface area contributed by atoms with Gasteiger partial charge in [0.15, 0.2) is 16.4 Å². The summed E-state index contributed by atoms with van der Waals surface area (Å²) in [5, 5.41) is 11.2. The van der Waals surface area contributed by atoms with Gasteiger partial charge in [-0.1, -0.05) is 6.07 Å². The van der Waals surface area contributed by atoms with Gasteiger partial charge in [-0.05, 0) is 24.4 Å². The third-order valence-corrected chi connectivity index (χ3v) is 2.91. The zero-order valence-corrected chi connectivity index (χ0v) is 11.0. The fourth-order valence-corrected chi connectivity index (χ4v) is 1.95. The molecular weight excluding hydrogens is 262 g/mol.